The van der Waals surface area contributed by atoms with Crippen molar-refractivity contribution in [2.45, 2.75) is 32.2 Å². The third kappa shape index (κ3) is 4.66. The predicted octanol–water partition coefficient (Wildman–Crippen LogP) is 4.07. The minimum absolute atomic E-state index is 0.104. The van der Waals surface area contributed by atoms with Crippen LogP contribution in [0.1, 0.15) is 40.7 Å². The van der Waals surface area contributed by atoms with Crippen LogP contribution in [-0.4, -0.2) is 65.0 Å². The molecule has 41 heavy (non-hydrogen) atoms. The summed E-state index contributed by atoms with van der Waals surface area (Å²) in [6.45, 7) is 3.40. The first kappa shape index (κ1) is 25.2. The van der Waals surface area contributed by atoms with Gasteiger partial charge in [0.15, 0.2) is 0 Å². The summed E-state index contributed by atoms with van der Waals surface area (Å²) in [6, 6.07) is 11.7. The van der Waals surface area contributed by atoms with E-state index >= 15 is 0 Å². The molecule has 2 aromatic carbocycles. The molecule has 0 radical (unpaired) electrons. The van der Waals surface area contributed by atoms with Crippen molar-refractivity contribution < 1.29 is 14.3 Å². The standard InChI is InChI=1S/C30H32N8O3/c1-41-24-14-18-7-5-13-38(17-25(39)37-11-2-3-12-37)23(18)15-22(24)34-30-35-27-20(9-10-31-27)28(36-30)33-21-8-4-6-19-16-32-29(40)26(19)21/h4,6,8-10,14-15H,2-3,5,7,11-13,16-17H2,1H3,(H,32,40)(H3,31,33,34,35,36). The summed E-state index contributed by atoms with van der Waals surface area (Å²) in [7, 11) is 1.65. The third-order valence-corrected chi connectivity index (χ3v) is 8.13. The number of ether oxygens (including phenoxy) is 1. The Kier molecular flexibility index (Phi) is 6.33. The molecule has 0 bridgehead atoms. The van der Waals surface area contributed by atoms with Crippen LogP contribution in [-0.2, 0) is 17.8 Å². The van der Waals surface area contributed by atoms with E-state index in [1.807, 2.05) is 47.5 Å². The van der Waals surface area contributed by atoms with Gasteiger partial charge < -0.3 is 35.5 Å². The summed E-state index contributed by atoms with van der Waals surface area (Å²) in [5.74, 6) is 1.69. The van der Waals surface area contributed by atoms with E-state index in [1.54, 1.807) is 7.11 Å². The van der Waals surface area contributed by atoms with Crippen molar-refractivity contribution >= 4 is 51.7 Å². The number of carbonyl (C=O) groups excluding carboxylic acids is 2. The number of anilines is 5. The normalized spacial score (nSPS) is 16.0. The zero-order valence-electron chi connectivity index (χ0n) is 22.9. The second-order valence-corrected chi connectivity index (χ2v) is 10.7. The molecule has 0 atom stereocenters. The quantitative estimate of drug-likeness (QED) is 0.270. The molecule has 4 N–H and O–H groups in total. The zero-order chi connectivity index (χ0) is 27.9. The maximum absolute atomic E-state index is 13.0. The van der Waals surface area contributed by atoms with Gasteiger partial charge in [-0.2, -0.15) is 9.97 Å². The van der Waals surface area contributed by atoms with E-state index in [9.17, 15) is 9.59 Å². The molecule has 0 unspecified atom stereocenters. The molecule has 11 nitrogen and oxygen atoms in total. The van der Waals surface area contributed by atoms with Crippen molar-refractivity contribution in [2.24, 2.45) is 0 Å². The van der Waals surface area contributed by atoms with Crippen molar-refractivity contribution in [2.75, 3.05) is 48.8 Å². The van der Waals surface area contributed by atoms with Gasteiger partial charge in [0.25, 0.3) is 5.91 Å². The highest BCUT2D eigenvalue weighted by Crippen LogP contribution is 2.38. The molecule has 0 saturated carbocycles. The van der Waals surface area contributed by atoms with Gasteiger partial charge in [-0.1, -0.05) is 12.1 Å². The van der Waals surface area contributed by atoms with E-state index in [0.717, 1.165) is 67.5 Å². The number of aromatic amines is 1. The molecule has 7 rings (SSSR count). The first-order chi connectivity index (χ1) is 20.1. The van der Waals surface area contributed by atoms with Crippen LogP contribution >= 0.6 is 0 Å². The summed E-state index contributed by atoms with van der Waals surface area (Å²) >= 11 is 0. The van der Waals surface area contributed by atoms with E-state index < -0.39 is 0 Å². The van der Waals surface area contributed by atoms with Gasteiger partial charge in [0.1, 0.15) is 17.2 Å². The molecular weight excluding hydrogens is 520 g/mol. The fraction of sp³-hybridized carbons (Fsp3) is 0.333. The van der Waals surface area contributed by atoms with E-state index in [-0.39, 0.29) is 11.8 Å². The summed E-state index contributed by atoms with van der Waals surface area (Å²) in [6.07, 6.45) is 5.88. The number of aromatic nitrogens is 3. The Bertz CT molecular complexity index is 1660. The minimum Gasteiger partial charge on any atom is -0.495 e. The number of nitrogens with zero attached hydrogens (tertiary/aromatic N) is 4. The molecule has 2 amide bonds. The number of methoxy groups -OCH3 is 1. The average molecular weight is 553 g/mol. The topological polar surface area (TPSA) is 128 Å². The Labute approximate surface area is 237 Å². The Morgan fingerprint density at radius 3 is 2.76 bits per heavy atom. The number of benzene rings is 2. The van der Waals surface area contributed by atoms with Gasteiger partial charge in [-0.3, -0.25) is 9.59 Å². The second kappa shape index (κ2) is 10.3. The Hall–Kier alpha value is -4.80. The Balaban J connectivity index is 1.21. The van der Waals surface area contributed by atoms with Crippen LogP contribution in [0, 0.1) is 0 Å². The molecule has 3 aliphatic heterocycles. The van der Waals surface area contributed by atoms with Crippen molar-refractivity contribution in [1.29, 1.82) is 0 Å². The lowest BCUT2D eigenvalue weighted by Gasteiger charge is -2.33. The van der Waals surface area contributed by atoms with Crippen LogP contribution < -0.4 is 25.6 Å². The lowest BCUT2D eigenvalue weighted by molar-refractivity contribution is -0.128. The second-order valence-electron chi connectivity index (χ2n) is 10.7. The number of rotatable bonds is 7. The molecule has 3 aliphatic rings. The minimum atomic E-state index is -0.104. The number of hydrogen-bond acceptors (Lipinski definition) is 8. The maximum atomic E-state index is 13.0. The van der Waals surface area contributed by atoms with Gasteiger partial charge in [-0.25, -0.2) is 0 Å². The smallest absolute Gasteiger partial charge is 0.254 e. The summed E-state index contributed by atoms with van der Waals surface area (Å²) in [4.78, 5) is 42.3. The van der Waals surface area contributed by atoms with E-state index in [0.29, 0.717) is 53.2 Å². The first-order valence-electron chi connectivity index (χ1n) is 14.1. The van der Waals surface area contributed by atoms with Crippen molar-refractivity contribution in [3.8, 4) is 5.75 Å². The van der Waals surface area contributed by atoms with E-state index in [1.165, 1.54) is 0 Å². The van der Waals surface area contributed by atoms with Crippen LogP contribution in [0.3, 0.4) is 0 Å². The fourth-order valence-electron chi connectivity index (χ4n) is 6.07. The van der Waals surface area contributed by atoms with Gasteiger partial charge in [0.05, 0.1) is 36.0 Å². The Morgan fingerprint density at radius 1 is 1.02 bits per heavy atom. The molecule has 4 aromatic rings. The maximum Gasteiger partial charge on any atom is 0.254 e. The van der Waals surface area contributed by atoms with Gasteiger partial charge in [0.2, 0.25) is 11.9 Å². The number of hydrogen-bond donors (Lipinski definition) is 4. The largest absolute Gasteiger partial charge is 0.495 e. The number of likely N-dealkylation sites (tertiary alicyclic amines) is 1. The van der Waals surface area contributed by atoms with Gasteiger partial charge in [-0.05, 0) is 61.1 Å². The summed E-state index contributed by atoms with van der Waals surface area (Å²) < 4.78 is 5.76. The van der Waals surface area contributed by atoms with Crippen LogP contribution in [0.4, 0.5) is 28.8 Å². The molecule has 210 valence electrons. The fourth-order valence-corrected chi connectivity index (χ4v) is 6.07. The third-order valence-electron chi connectivity index (χ3n) is 8.13. The Morgan fingerprint density at radius 2 is 1.90 bits per heavy atom. The molecule has 5 heterocycles. The molecule has 11 heteroatoms. The van der Waals surface area contributed by atoms with Crippen LogP contribution in [0.2, 0.25) is 0 Å². The van der Waals surface area contributed by atoms with Gasteiger partial charge in [-0.15, -0.1) is 0 Å². The highest BCUT2D eigenvalue weighted by molar-refractivity contribution is 6.05. The zero-order valence-corrected chi connectivity index (χ0v) is 22.9. The molecule has 0 spiro atoms. The number of carbonyl (C=O) groups is 2. The van der Waals surface area contributed by atoms with Crippen LogP contribution in [0.25, 0.3) is 11.0 Å². The number of H-pyrrole nitrogens is 1. The first-order valence-corrected chi connectivity index (χ1v) is 14.1. The summed E-state index contributed by atoms with van der Waals surface area (Å²) in [5.41, 5.74) is 5.81. The monoisotopic (exact) mass is 552 g/mol. The van der Waals surface area contributed by atoms with Crippen molar-refractivity contribution in [3.63, 3.8) is 0 Å². The van der Waals surface area contributed by atoms with E-state index in [2.05, 4.69) is 25.8 Å². The van der Waals surface area contributed by atoms with Crippen LogP contribution in [0.15, 0.2) is 42.6 Å². The highest BCUT2D eigenvalue weighted by atomic mass is 16.5. The SMILES string of the molecule is COc1cc2c(cc1Nc1nc(Nc3cccc4c3C(=O)NC4)c3cc[nH]c3n1)N(CC(=O)N1CCCC1)CCC2. The van der Waals surface area contributed by atoms with Crippen LogP contribution in [0.5, 0.6) is 5.75 Å². The number of nitrogens with one attached hydrogen (secondary N) is 4. The summed E-state index contributed by atoms with van der Waals surface area (Å²) in [5, 5.41) is 10.4. The predicted molar refractivity (Wildman–Crippen MR) is 157 cm³/mol. The number of aryl methyl sites for hydroxylation is 1. The lowest BCUT2D eigenvalue weighted by atomic mass is 10.00. The molecule has 2 aromatic heterocycles. The van der Waals surface area contributed by atoms with Crippen molar-refractivity contribution in [3.05, 3.63) is 59.3 Å². The molecule has 0 aliphatic carbocycles. The highest BCUT2D eigenvalue weighted by Gasteiger charge is 2.26. The number of amides is 2. The van der Waals surface area contributed by atoms with Crippen molar-refractivity contribution in [1.82, 2.24) is 25.2 Å². The van der Waals surface area contributed by atoms with Gasteiger partial charge in [0, 0.05) is 38.1 Å². The number of fused-ring (bicyclic) bond motifs is 3. The molecule has 1 saturated heterocycles. The lowest BCUT2D eigenvalue weighted by Crippen LogP contribution is -2.41. The van der Waals surface area contributed by atoms with Gasteiger partial charge >= 0.3 is 0 Å². The molecule has 1 fully saturated rings. The molecular formula is C30H32N8O3. The van der Waals surface area contributed by atoms with E-state index in [4.69, 9.17) is 14.7 Å². The average Bonchev–Trinajstić information content (AvgIpc) is 3.75.